The zero-order chi connectivity index (χ0) is 12.8. The summed E-state index contributed by atoms with van der Waals surface area (Å²) in [5.41, 5.74) is 0.907. The summed E-state index contributed by atoms with van der Waals surface area (Å²) in [4.78, 5) is 0. The van der Waals surface area contributed by atoms with Crippen LogP contribution in [0.15, 0.2) is 18.2 Å². The highest BCUT2D eigenvalue weighted by Gasteiger charge is 2.22. The molecule has 0 aliphatic carbocycles. The van der Waals surface area contributed by atoms with E-state index in [0.29, 0.717) is 10.9 Å². The third-order valence-electron chi connectivity index (χ3n) is 1.57. The Morgan fingerprint density at radius 3 is 2.12 bits per heavy atom. The van der Waals surface area contributed by atoms with Crippen LogP contribution in [0.2, 0.25) is 5.02 Å². The van der Waals surface area contributed by atoms with Crippen molar-refractivity contribution in [1.82, 2.24) is 0 Å². The van der Waals surface area contributed by atoms with Gasteiger partial charge in [-0.15, -0.1) is 11.6 Å². The highest BCUT2D eigenvalue weighted by Crippen LogP contribution is 2.24. The van der Waals surface area contributed by atoms with Gasteiger partial charge in [0.25, 0.3) is 0 Å². The highest BCUT2D eigenvalue weighted by molar-refractivity contribution is 6.32. The summed E-state index contributed by atoms with van der Waals surface area (Å²) in [6.45, 7) is 1.08. The van der Waals surface area contributed by atoms with E-state index in [2.05, 4.69) is 0 Å². The Morgan fingerprint density at radius 2 is 1.81 bits per heavy atom. The van der Waals surface area contributed by atoms with Crippen molar-refractivity contribution >= 4 is 23.2 Å². The summed E-state index contributed by atoms with van der Waals surface area (Å²) in [6, 6.07) is 4.90. The Kier molecular flexibility index (Phi) is 6.60. The zero-order valence-electron chi connectivity index (χ0n) is 8.48. The van der Waals surface area contributed by atoms with Crippen LogP contribution in [0, 0.1) is 0 Å². The van der Waals surface area contributed by atoms with Gasteiger partial charge in [0.15, 0.2) is 0 Å². The number of rotatable bonds is 1. The Bertz CT molecular complexity index is 326. The molecule has 0 bridgehead atoms. The molecule has 0 amide bonds. The fraction of sp³-hybridized carbons (Fsp3) is 0.400. The Labute approximate surface area is 102 Å². The first kappa shape index (κ1) is 15.4. The molecule has 0 atom stereocenters. The summed E-state index contributed by atoms with van der Waals surface area (Å²) in [5, 5.41) is 9.31. The third-order valence-corrected chi connectivity index (χ3v) is 2.18. The summed E-state index contributed by atoms with van der Waals surface area (Å²) in [5.74, 6) is 0.510. The van der Waals surface area contributed by atoms with Crippen molar-refractivity contribution in [2.24, 2.45) is 0 Å². The molecule has 0 spiro atoms. The van der Waals surface area contributed by atoms with Crippen LogP contribution < -0.4 is 0 Å². The highest BCUT2D eigenvalue weighted by atomic mass is 35.5. The lowest BCUT2D eigenvalue weighted by molar-refractivity contribution is -0.130. The maximum Gasteiger partial charge on any atom is 0.388 e. The minimum Gasteiger partial charge on any atom is -0.506 e. The minimum absolute atomic E-state index is 0.0931. The van der Waals surface area contributed by atoms with E-state index in [0.717, 1.165) is 12.5 Å². The van der Waals surface area contributed by atoms with E-state index in [1.165, 1.54) is 6.07 Å². The van der Waals surface area contributed by atoms with Crippen molar-refractivity contribution in [1.29, 1.82) is 0 Å². The van der Waals surface area contributed by atoms with Crippen molar-refractivity contribution in [3.05, 3.63) is 28.8 Å². The quantitative estimate of drug-likeness (QED) is 0.734. The van der Waals surface area contributed by atoms with Gasteiger partial charge in [-0.05, 0) is 17.7 Å². The maximum absolute atomic E-state index is 10.8. The van der Waals surface area contributed by atoms with Gasteiger partial charge in [-0.2, -0.15) is 13.2 Å². The smallest absolute Gasteiger partial charge is 0.388 e. The standard InChI is InChI=1S/C7H6Cl2O.C3H5F3/c8-4-5-1-2-7(10)6(9)3-5;1-2-3(4,5)6/h1-3,10H,4H2;2H2,1H3. The predicted molar refractivity (Wildman–Crippen MR) is 59.0 cm³/mol. The topological polar surface area (TPSA) is 20.2 Å². The number of aromatic hydroxyl groups is 1. The average Bonchev–Trinajstić information content (AvgIpc) is 2.22. The maximum atomic E-state index is 10.8. The molecule has 0 heterocycles. The SMILES string of the molecule is CCC(F)(F)F.Oc1ccc(CCl)cc1Cl. The number of alkyl halides is 4. The van der Waals surface area contributed by atoms with Crippen LogP contribution in [0.1, 0.15) is 18.9 Å². The van der Waals surface area contributed by atoms with E-state index in [1.807, 2.05) is 0 Å². The second kappa shape index (κ2) is 6.86. The molecule has 0 aliphatic heterocycles. The van der Waals surface area contributed by atoms with E-state index in [-0.39, 0.29) is 5.75 Å². The van der Waals surface area contributed by atoms with Gasteiger partial charge in [0.2, 0.25) is 0 Å². The van der Waals surface area contributed by atoms with E-state index in [1.54, 1.807) is 12.1 Å². The first-order chi connectivity index (χ1) is 7.30. The second-order valence-electron chi connectivity index (χ2n) is 2.89. The van der Waals surface area contributed by atoms with Crippen molar-refractivity contribution in [2.75, 3.05) is 0 Å². The number of hydrogen-bond acceptors (Lipinski definition) is 1. The second-order valence-corrected chi connectivity index (χ2v) is 3.56. The number of halogens is 5. The summed E-state index contributed by atoms with van der Waals surface area (Å²) < 4.78 is 32.4. The fourth-order valence-electron chi connectivity index (χ4n) is 0.634. The van der Waals surface area contributed by atoms with Gasteiger partial charge in [-0.1, -0.05) is 24.6 Å². The molecule has 0 radical (unpaired) electrons. The Morgan fingerprint density at radius 1 is 1.31 bits per heavy atom. The van der Waals surface area contributed by atoms with Crippen molar-refractivity contribution in [3.63, 3.8) is 0 Å². The van der Waals surface area contributed by atoms with Crippen LogP contribution in [0.4, 0.5) is 13.2 Å². The van der Waals surface area contributed by atoms with Crippen LogP contribution >= 0.6 is 23.2 Å². The van der Waals surface area contributed by atoms with E-state index >= 15 is 0 Å². The van der Waals surface area contributed by atoms with Crippen molar-refractivity contribution in [3.8, 4) is 5.75 Å². The van der Waals surface area contributed by atoms with Crippen LogP contribution in [0.25, 0.3) is 0 Å². The van der Waals surface area contributed by atoms with Crippen LogP contribution in [-0.2, 0) is 5.88 Å². The van der Waals surface area contributed by atoms with Gasteiger partial charge >= 0.3 is 6.18 Å². The number of benzene rings is 1. The minimum atomic E-state index is -3.96. The van der Waals surface area contributed by atoms with Crippen molar-refractivity contribution in [2.45, 2.75) is 25.4 Å². The largest absolute Gasteiger partial charge is 0.506 e. The lowest BCUT2D eigenvalue weighted by Crippen LogP contribution is -2.02. The van der Waals surface area contributed by atoms with E-state index in [4.69, 9.17) is 28.3 Å². The number of hydrogen-bond donors (Lipinski definition) is 1. The molecule has 0 saturated carbocycles. The van der Waals surface area contributed by atoms with Crippen LogP contribution in [-0.4, -0.2) is 11.3 Å². The first-order valence-electron chi connectivity index (χ1n) is 4.40. The van der Waals surface area contributed by atoms with Gasteiger partial charge in [0, 0.05) is 12.3 Å². The Hall–Kier alpha value is -0.610. The molecule has 16 heavy (non-hydrogen) atoms. The monoisotopic (exact) mass is 274 g/mol. The Balaban J connectivity index is 0.000000325. The van der Waals surface area contributed by atoms with Crippen molar-refractivity contribution < 1.29 is 18.3 Å². The molecule has 1 nitrogen and oxygen atoms in total. The lowest BCUT2D eigenvalue weighted by atomic mass is 10.2. The molecule has 1 N–H and O–H groups in total. The molecule has 1 aromatic carbocycles. The molecule has 1 aromatic rings. The molecule has 0 aromatic heterocycles. The summed E-state index contributed by atoms with van der Waals surface area (Å²) in [6.07, 6.45) is -4.69. The zero-order valence-corrected chi connectivity index (χ0v) is 10.00. The third kappa shape index (κ3) is 6.80. The van der Waals surface area contributed by atoms with Gasteiger partial charge in [0.1, 0.15) is 5.75 Å². The molecule has 0 saturated heterocycles. The number of phenolic OH excluding ortho intramolecular Hbond substituents is 1. The normalized spacial score (nSPS) is 10.6. The molecule has 0 aliphatic rings. The molecule has 92 valence electrons. The molecule has 0 fully saturated rings. The molecule has 0 unspecified atom stereocenters. The van der Waals surface area contributed by atoms with Crippen LogP contribution in [0.5, 0.6) is 5.75 Å². The summed E-state index contributed by atoms with van der Waals surface area (Å²) >= 11 is 11.1. The van der Waals surface area contributed by atoms with E-state index < -0.39 is 12.6 Å². The molecular formula is C10H11Cl2F3O. The molecular weight excluding hydrogens is 264 g/mol. The fourth-order valence-corrected chi connectivity index (χ4v) is 1.00. The lowest BCUT2D eigenvalue weighted by Gasteiger charge is -1.97. The predicted octanol–water partition coefficient (Wildman–Crippen LogP) is 4.74. The van der Waals surface area contributed by atoms with E-state index in [9.17, 15) is 13.2 Å². The van der Waals surface area contributed by atoms with Gasteiger partial charge < -0.3 is 5.11 Å². The van der Waals surface area contributed by atoms with Crippen LogP contribution in [0.3, 0.4) is 0 Å². The number of phenols is 1. The molecule has 1 rings (SSSR count). The van der Waals surface area contributed by atoms with Gasteiger partial charge in [-0.3, -0.25) is 0 Å². The van der Waals surface area contributed by atoms with Gasteiger partial charge in [-0.25, -0.2) is 0 Å². The summed E-state index contributed by atoms with van der Waals surface area (Å²) in [7, 11) is 0. The average molecular weight is 275 g/mol. The molecule has 6 heteroatoms. The first-order valence-corrected chi connectivity index (χ1v) is 5.31. The van der Waals surface area contributed by atoms with Gasteiger partial charge in [0.05, 0.1) is 5.02 Å².